The molecule has 1 N–H and O–H groups in total. The number of carbonyl (C=O) groups excluding carboxylic acids is 1. The Hall–Kier alpha value is -1.36. The van der Waals surface area contributed by atoms with E-state index in [2.05, 4.69) is 5.16 Å². The van der Waals surface area contributed by atoms with Crippen molar-refractivity contribution >= 4 is 5.91 Å². The van der Waals surface area contributed by atoms with Crippen LogP contribution in [-0.2, 0) is 0 Å². The highest BCUT2D eigenvalue weighted by atomic mass is 16.5. The van der Waals surface area contributed by atoms with Crippen molar-refractivity contribution in [3.63, 3.8) is 0 Å². The molecule has 19 heavy (non-hydrogen) atoms. The molecule has 1 aliphatic heterocycles. The third-order valence-electron chi connectivity index (χ3n) is 3.76. The molecule has 2 rings (SSSR count). The van der Waals surface area contributed by atoms with Gasteiger partial charge in [-0.1, -0.05) is 19.0 Å². The summed E-state index contributed by atoms with van der Waals surface area (Å²) in [5.74, 6) is 0.755. The number of aliphatic hydroxyl groups is 1. The standard InChI is InChI=1S/C14H22N2O3/c1-9(2)12-11(10(3)15-19-12)13(17)16-7-5-14(4,18)6-8-16/h9,18H,5-8H2,1-4H3. The second kappa shape index (κ2) is 4.96. The highest BCUT2D eigenvalue weighted by molar-refractivity contribution is 5.96. The molecule has 1 amide bonds. The second-order valence-electron chi connectivity index (χ2n) is 5.95. The van der Waals surface area contributed by atoms with E-state index in [0.29, 0.717) is 42.9 Å². The van der Waals surface area contributed by atoms with Crippen molar-refractivity contribution in [3.8, 4) is 0 Å². The first-order valence-electron chi connectivity index (χ1n) is 6.79. The molecule has 0 aromatic carbocycles. The van der Waals surface area contributed by atoms with Crippen molar-refractivity contribution in [3.05, 3.63) is 17.0 Å². The molecule has 1 aromatic rings. The Kier molecular flexibility index (Phi) is 3.67. The number of nitrogens with zero attached hydrogens (tertiary/aromatic N) is 2. The van der Waals surface area contributed by atoms with Gasteiger partial charge < -0.3 is 14.5 Å². The summed E-state index contributed by atoms with van der Waals surface area (Å²) in [6.07, 6.45) is 1.22. The van der Waals surface area contributed by atoms with Gasteiger partial charge >= 0.3 is 0 Å². The average Bonchev–Trinajstić information content (AvgIpc) is 2.70. The summed E-state index contributed by atoms with van der Waals surface area (Å²) in [6.45, 7) is 8.74. The Morgan fingerprint density at radius 2 is 2.00 bits per heavy atom. The summed E-state index contributed by atoms with van der Waals surface area (Å²) in [6, 6.07) is 0. The number of amides is 1. The molecule has 0 bridgehead atoms. The van der Waals surface area contributed by atoms with Gasteiger partial charge in [-0.05, 0) is 26.7 Å². The van der Waals surface area contributed by atoms with Crippen LogP contribution in [0.3, 0.4) is 0 Å². The highest BCUT2D eigenvalue weighted by Gasteiger charge is 2.33. The molecule has 0 spiro atoms. The number of hydrogen-bond donors (Lipinski definition) is 1. The lowest BCUT2D eigenvalue weighted by Crippen LogP contribution is -2.45. The van der Waals surface area contributed by atoms with Crippen molar-refractivity contribution in [1.82, 2.24) is 10.1 Å². The van der Waals surface area contributed by atoms with E-state index in [4.69, 9.17) is 4.52 Å². The molecular weight excluding hydrogens is 244 g/mol. The maximum absolute atomic E-state index is 12.6. The van der Waals surface area contributed by atoms with Gasteiger partial charge in [0.1, 0.15) is 5.56 Å². The number of piperidine rings is 1. The molecule has 1 aliphatic rings. The molecule has 0 unspecified atom stereocenters. The molecule has 0 radical (unpaired) electrons. The maximum atomic E-state index is 12.6. The zero-order chi connectivity index (χ0) is 14.2. The van der Waals surface area contributed by atoms with Crippen LogP contribution in [0.2, 0.25) is 0 Å². The summed E-state index contributed by atoms with van der Waals surface area (Å²) in [5, 5.41) is 13.8. The Bertz CT molecular complexity index is 467. The first-order valence-corrected chi connectivity index (χ1v) is 6.79. The van der Waals surface area contributed by atoms with Crippen molar-refractivity contribution in [2.75, 3.05) is 13.1 Å². The van der Waals surface area contributed by atoms with Crippen LogP contribution in [-0.4, -0.2) is 39.8 Å². The molecule has 1 aromatic heterocycles. The molecule has 5 nitrogen and oxygen atoms in total. The second-order valence-corrected chi connectivity index (χ2v) is 5.95. The first kappa shape index (κ1) is 14.1. The zero-order valence-corrected chi connectivity index (χ0v) is 12.1. The minimum atomic E-state index is -0.651. The highest BCUT2D eigenvalue weighted by Crippen LogP contribution is 2.27. The van der Waals surface area contributed by atoms with Gasteiger partial charge in [0.2, 0.25) is 0 Å². The SMILES string of the molecule is Cc1noc(C(C)C)c1C(=O)N1CCC(C)(O)CC1. The first-order chi connectivity index (χ1) is 8.82. The summed E-state index contributed by atoms with van der Waals surface area (Å²) in [7, 11) is 0. The van der Waals surface area contributed by atoms with E-state index in [9.17, 15) is 9.90 Å². The smallest absolute Gasteiger partial charge is 0.259 e. The fraction of sp³-hybridized carbons (Fsp3) is 0.714. The Morgan fingerprint density at radius 3 is 2.53 bits per heavy atom. The number of carbonyl (C=O) groups is 1. The number of hydrogen-bond acceptors (Lipinski definition) is 4. The molecule has 0 atom stereocenters. The molecule has 1 fully saturated rings. The van der Waals surface area contributed by atoms with Crippen LogP contribution >= 0.6 is 0 Å². The van der Waals surface area contributed by atoms with E-state index in [1.54, 1.807) is 11.8 Å². The number of likely N-dealkylation sites (tertiary alicyclic amines) is 1. The van der Waals surface area contributed by atoms with E-state index < -0.39 is 5.60 Å². The third kappa shape index (κ3) is 2.81. The molecular formula is C14H22N2O3. The van der Waals surface area contributed by atoms with Crippen LogP contribution in [0.4, 0.5) is 0 Å². The van der Waals surface area contributed by atoms with Gasteiger partial charge in [0.25, 0.3) is 5.91 Å². The van der Waals surface area contributed by atoms with Gasteiger partial charge in [0, 0.05) is 19.0 Å². The summed E-state index contributed by atoms with van der Waals surface area (Å²) in [4.78, 5) is 14.3. The molecule has 5 heteroatoms. The summed E-state index contributed by atoms with van der Waals surface area (Å²) >= 11 is 0. The lowest BCUT2D eigenvalue weighted by molar-refractivity contribution is -0.00210. The van der Waals surface area contributed by atoms with Gasteiger partial charge in [-0.2, -0.15) is 0 Å². The topological polar surface area (TPSA) is 66.6 Å². The monoisotopic (exact) mass is 266 g/mol. The normalized spacial score (nSPS) is 18.9. The van der Waals surface area contributed by atoms with Crippen LogP contribution in [0, 0.1) is 6.92 Å². The molecule has 0 aliphatic carbocycles. The fourth-order valence-corrected chi connectivity index (χ4v) is 2.39. The molecule has 0 saturated carbocycles. The fourth-order valence-electron chi connectivity index (χ4n) is 2.39. The Balaban J connectivity index is 2.19. The quantitative estimate of drug-likeness (QED) is 0.890. The lowest BCUT2D eigenvalue weighted by atomic mass is 9.93. The van der Waals surface area contributed by atoms with E-state index in [0.717, 1.165) is 0 Å². The number of aromatic nitrogens is 1. The predicted octanol–water partition coefficient (Wildman–Crippen LogP) is 2.09. The molecule has 1 saturated heterocycles. The molecule has 2 heterocycles. The lowest BCUT2D eigenvalue weighted by Gasteiger charge is -2.35. The van der Waals surface area contributed by atoms with Gasteiger partial charge in [-0.15, -0.1) is 0 Å². The Morgan fingerprint density at radius 1 is 1.42 bits per heavy atom. The van der Waals surface area contributed by atoms with Gasteiger partial charge in [-0.25, -0.2) is 0 Å². The van der Waals surface area contributed by atoms with Crippen LogP contribution < -0.4 is 0 Å². The van der Waals surface area contributed by atoms with Crippen LogP contribution in [0.5, 0.6) is 0 Å². The summed E-state index contributed by atoms with van der Waals surface area (Å²) in [5.41, 5.74) is 0.587. The van der Waals surface area contributed by atoms with Gasteiger partial charge in [0.15, 0.2) is 5.76 Å². The van der Waals surface area contributed by atoms with Crippen LogP contribution in [0.15, 0.2) is 4.52 Å². The summed E-state index contributed by atoms with van der Waals surface area (Å²) < 4.78 is 5.26. The maximum Gasteiger partial charge on any atom is 0.259 e. The van der Waals surface area contributed by atoms with Crippen molar-refractivity contribution in [2.24, 2.45) is 0 Å². The van der Waals surface area contributed by atoms with E-state index in [1.807, 2.05) is 20.8 Å². The van der Waals surface area contributed by atoms with Gasteiger partial charge in [0.05, 0.1) is 11.3 Å². The largest absolute Gasteiger partial charge is 0.390 e. The minimum Gasteiger partial charge on any atom is -0.390 e. The zero-order valence-electron chi connectivity index (χ0n) is 12.1. The minimum absolute atomic E-state index is 0.0297. The van der Waals surface area contributed by atoms with Crippen LogP contribution in [0.1, 0.15) is 61.3 Å². The van der Waals surface area contributed by atoms with E-state index in [-0.39, 0.29) is 11.8 Å². The average molecular weight is 266 g/mol. The predicted molar refractivity (Wildman–Crippen MR) is 71.1 cm³/mol. The van der Waals surface area contributed by atoms with E-state index in [1.165, 1.54) is 0 Å². The van der Waals surface area contributed by atoms with Crippen LogP contribution in [0.25, 0.3) is 0 Å². The number of aryl methyl sites for hydroxylation is 1. The van der Waals surface area contributed by atoms with Crippen molar-refractivity contribution in [1.29, 1.82) is 0 Å². The third-order valence-corrected chi connectivity index (χ3v) is 3.76. The number of rotatable bonds is 2. The van der Waals surface area contributed by atoms with Crippen molar-refractivity contribution in [2.45, 2.75) is 52.1 Å². The molecule has 106 valence electrons. The van der Waals surface area contributed by atoms with Gasteiger partial charge in [-0.3, -0.25) is 4.79 Å². The van der Waals surface area contributed by atoms with E-state index >= 15 is 0 Å². The van der Waals surface area contributed by atoms with Crippen molar-refractivity contribution < 1.29 is 14.4 Å². The Labute approximate surface area is 113 Å².